The van der Waals surface area contributed by atoms with Crippen molar-refractivity contribution < 1.29 is 17.9 Å². The van der Waals surface area contributed by atoms with E-state index in [2.05, 4.69) is 37.2 Å². The van der Waals surface area contributed by atoms with Gasteiger partial charge in [-0.05, 0) is 30.6 Å². The number of ether oxygens (including phenoxy) is 1. The topological polar surface area (TPSA) is 53.5 Å². The molecule has 4 heterocycles. The lowest BCUT2D eigenvalue weighted by molar-refractivity contribution is -0.0619. The minimum absolute atomic E-state index is 0.175. The molecule has 1 aromatic heterocycles. The molecule has 0 amide bonds. The van der Waals surface area contributed by atoms with Gasteiger partial charge in [-0.1, -0.05) is 24.3 Å². The monoisotopic (exact) mass is 471 g/mol. The van der Waals surface area contributed by atoms with Crippen LogP contribution in [0.4, 0.5) is 24.8 Å². The van der Waals surface area contributed by atoms with E-state index in [-0.39, 0.29) is 5.56 Å². The SMILES string of the molecule is C[C@@H](Nc1ncnc2c1C=C(C1=CCN(C3COC3)CC1)CN2C)c1cccc(C(F)F)c1F. The number of anilines is 2. The van der Waals surface area contributed by atoms with Crippen molar-refractivity contribution in [3.8, 4) is 0 Å². The van der Waals surface area contributed by atoms with Gasteiger partial charge in [-0.2, -0.15) is 0 Å². The Bertz CT molecular complexity index is 1130. The third-order valence-corrected chi connectivity index (χ3v) is 6.85. The van der Waals surface area contributed by atoms with Crippen molar-refractivity contribution in [3.63, 3.8) is 0 Å². The summed E-state index contributed by atoms with van der Waals surface area (Å²) in [6, 6.07) is 4.05. The maximum Gasteiger partial charge on any atom is 0.266 e. The minimum Gasteiger partial charge on any atom is -0.378 e. The molecule has 3 aliphatic heterocycles. The first-order valence-corrected chi connectivity index (χ1v) is 11.5. The Balaban J connectivity index is 1.41. The van der Waals surface area contributed by atoms with Crippen molar-refractivity contribution in [2.24, 2.45) is 0 Å². The molecular formula is C25H28F3N5O. The van der Waals surface area contributed by atoms with Crippen molar-refractivity contribution >= 4 is 17.7 Å². The molecule has 6 nitrogen and oxygen atoms in total. The standard InChI is InChI=1S/C25H28F3N5O/c1-15(19-4-3-5-20(22(19)26)23(27)28)31-24-21-10-17(11-32(2)25(21)30-14-29-24)16-6-8-33(9-7-16)18-12-34-13-18/h3-6,10,14-15,18,23H,7-9,11-13H2,1-2H3,(H,29,30,31)/t15-/m1/s1. The van der Waals surface area contributed by atoms with E-state index >= 15 is 0 Å². The summed E-state index contributed by atoms with van der Waals surface area (Å²) in [5.41, 5.74) is 2.92. The van der Waals surface area contributed by atoms with E-state index in [4.69, 9.17) is 4.74 Å². The molecule has 9 heteroatoms. The van der Waals surface area contributed by atoms with Gasteiger partial charge in [0.1, 0.15) is 23.8 Å². The van der Waals surface area contributed by atoms with E-state index in [0.29, 0.717) is 11.9 Å². The van der Waals surface area contributed by atoms with E-state index in [0.717, 1.165) is 56.7 Å². The predicted octanol–water partition coefficient (Wildman–Crippen LogP) is 4.59. The molecule has 34 heavy (non-hydrogen) atoms. The van der Waals surface area contributed by atoms with Gasteiger partial charge in [0, 0.05) is 32.2 Å². The number of nitrogens with zero attached hydrogens (tertiary/aromatic N) is 4. The minimum atomic E-state index is -2.87. The van der Waals surface area contributed by atoms with E-state index in [1.807, 2.05) is 7.05 Å². The number of rotatable bonds is 6. The van der Waals surface area contributed by atoms with Gasteiger partial charge in [-0.25, -0.2) is 23.1 Å². The van der Waals surface area contributed by atoms with Gasteiger partial charge >= 0.3 is 0 Å². The smallest absolute Gasteiger partial charge is 0.266 e. The summed E-state index contributed by atoms with van der Waals surface area (Å²) in [6.07, 6.45) is 3.95. The fourth-order valence-corrected chi connectivity index (χ4v) is 4.78. The molecule has 0 spiro atoms. The summed E-state index contributed by atoms with van der Waals surface area (Å²) in [7, 11) is 1.99. The molecule has 1 N–H and O–H groups in total. The first-order valence-electron chi connectivity index (χ1n) is 11.5. The Morgan fingerprint density at radius 1 is 1.15 bits per heavy atom. The van der Waals surface area contributed by atoms with E-state index < -0.39 is 23.8 Å². The highest BCUT2D eigenvalue weighted by atomic mass is 19.3. The lowest BCUT2D eigenvalue weighted by atomic mass is 9.94. The predicted molar refractivity (Wildman–Crippen MR) is 126 cm³/mol. The Morgan fingerprint density at radius 3 is 2.62 bits per heavy atom. The number of benzene rings is 1. The van der Waals surface area contributed by atoms with Crippen molar-refractivity contribution in [2.45, 2.75) is 31.9 Å². The van der Waals surface area contributed by atoms with Gasteiger partial charge in [-0.3, -0.25) is 4.90 Å². The van der Waals surface area contributed by atoms with Crippen molar-refractivity contribution in [3.05, 3.63) is 64.3 Å². The molecule has 180 valence electrons. The molecular weight excluding hydrogens is 443 g/mol. The fourth-order valence-electron chi connectivity index (χ4n) is 4.78. The summed E-state index contributed by atoms with van der Waals surface area (Å²) >= 11 is 0. The molecule has 1 fully saturated rings. The normalized spacial score (nSPS) is 19.9. The van der Waals surface area contributed by atoms with E-state index in [1.165, 1.54) is 29.6 Å². The number of likely N-dealkylation sites (N-methyl/N-ethyl adjacent to an activating group) is 1. The Labute approximate surface area is 197 Å². The van der Waals surface area contributed by atoms with Gasteiger partial charge in [-0.15, -0.1) is 0 Å². The summed E-state index contributed by atoms with van der Waals surface area (Å²) in [5, 5.41) is 3.23. The molecule has 2 aromatic rings. The molecule has 0 aliphatic carbocycles. The van der Waals surface area contributed by atoms with E-state index in [9.17, 15) is 13.2 Å². The zero-order valence-corrected chi connectivity index (χ0v) is 19.3. The summed E-state index contributed by atoms with van der Waals surface area (Å²) in [6.45, 7) is 6.01. The van der Waals surface area contributed by atoms with E-state index in [1.54, 1.807) is 6.92 Å². The highest BCUT2D eigenvalue weighted by Gasteiger charge is 2.29. The molecule has 3 aliphatic rings. The number of nitrogens with one attached hydrogen (secondary N) is 1. The maximum atomic E-state index is 14.7. The molecule has 0 saturated carbocycles. The molecule has 1 atom stereocenters. The Morgan fingerprint density at radius 2 is 1.94 bits per heavy atom. The van der Waals surface area contributed by atoms with Crippen LogP contribution in [0.15, 0.2) is 41.7 Å². The van der Waals surface area contributed by atoms with Gasteiger partial charge in [0.05, 0.1) is 36.4 Å². The quantitative estimate of drug-likeness (QED) is 0.665. The molecule has 0 unspecified atom stereocenters. The van der Waals surface area contributed by atoms with Crippen LogP contribution in [-0.2, 0) is 4.74 Å². The third-order valence-electron chi connectivity index (χ3n) is 6.85. The van der Waals surface area contributed by atoms with Crippen LogP contribution in [0.3, 0.4) is 0 Å². The van der Waals surface area contributed by atoms with Crippen molar-refractivity contribution in [1.82, 2.24) is 14.9 Å². The fraction of sp³-hybridized carbons (Fsp3) is 0.440. The molecule has 0 radical (unpaired) electrons. The van der Waals surface area contributed by atoms with Gasteiger partial charge in [0.2, 0.25) is 0 Å². The summed E-state index contributed by atoms with van der Waals surface area (Å²) in [4.78, 5) is 13.4. The van der Waals surface area contributed by atoms with Crippen LogP contribution in [0.1, 0.15) is 42.5 Å². The average Bonchev–Trinajstić information content (AvgIpc) is 2.79. The Kier molecular flexibility index (Phi) is 6.31. The summed E-state index contributed by atoms with van der Waals surface area (Å²) in [5.74, 6) is 0.440. The van der Waals surface area contributed by atoms with Crippen LogP contribution in [-0.4, -0.2) is 60.8 Å². The number of aromatic nitrogens is 2. The zero-order chi connectivity index (χ0) is 23.8. The number of hydrogen-bond donors (Lipinski definition) is 1. The van der Waals surface area contributed by atoms with Crippen LogP contribution < -0.4 is 10.2 Å². The van der Waals surface area contributed by atoms with Crippen LogP contribution >= 0.6 is 0 Å². The first-order chi connectivity index (χ1) is 16.4. The molecule has 5 rings (SSSR count). The van der Waals surface area contributed by atoms with Gasteiger partial charge < -0.3 is 15.0 Å². The lowest BCUT2D eigenvalue weighted by Gasteiger charge is -2.39. The van der Waals surface area contributed by atoms with Crippen LogP contribution in [0, 0.1) is 5.82 Å². The molecule has 0 bridgehead atoms. The highest BCUT2D eigenvalue weighted by Crippen LogP contribution is 2.36. The second kappa shape index (κ2) is 9.38. The van der Waals surface area contributed by atoms with Crippen LogP contribution in [0.25, 0.3) is 6.08 Å². The van der Waals surface area contributed by atoms with Crippen LogP contribution in [0.5, 0.6) is 0 Å². The highest BCUT2D eigenvalue weighted by molar-refractivity contribution is 5.80. The average molecular weight is 472 g/mol. The number of alkyl halides is 2. The second-order valence-electron chi connectivity index (χ2n) is 9.07. The summed E-state index contributed by atoms with van der Waals surface area (Å²) < 4.78 is 46.4. The lowest BCUT2D eigenvalue weighted by Crippen LogP contribution is -2.50. The van der Waals surface area contributed by atoms with Gasteiger partial charge in [0.25, 0.3) is 6.43 Å². The third kappa shape index (κ3) is 4.30. The number of hydrogen-bond acceptors (Lipinski definition) is 6. The largest absolute Gasteiger partial charge is 0.378 e. The van der Waals surface area contributed by atoms with Gasteiger partial charge in [0.15, 0.2) is 0 Å². The molecule has 1 saturated heterocycles. The van der Waals surface area contributed by atoms with Crippen molar-refractivity contribution in [2.75, 3.05) is 50.1 Å². The van der Waals surface area contributed by atoms with Crippen molar-refractivity contribution in [1.29, 1.82) is 0 Å². The zero-order valence-electron chi connectivity index (χ0n) is 19.3. The van der Waals surface area contributed by atoms with Crippen LogP contribution in [0.2, 0.25) is 0 Å². The second-order valence-corrected chi connectivity index (χ2v) is 9.07. The molecule has 1 aromatic carbocycles. The Hall–Kier alpha value is -2.91. The maximum absolute atomic E-state index is 14.7. The number of fused-ring (bicyclic) bond motifs is 1. The number of halogens is 3. The first kappa shape index (κ1) is 22.9.